The highest BCUT2D eigenvalue weighted by Gasteiger charge is 2.53. The van der Waals surface area contributed by atoms with Gasteiger partial charge in [0.1, 0.15) is 36.3 Å². The molecule has 25 heteroatoms. The van der Waals surface area contributed by atoms with Crippen molar-refractivity contribution in [3.8, 4) is 0 Å². The standard InChI is InChI=1S/C20H21BF2N10O9P2S/c21-43(35)37-1-6-13(9(23)19(39-6)33-5-29-11-16(33)30-20(25)31-17(11)34)42-44(36,45)38-2-7-12(41-43)8(22)18(40-7)32-4-28-10-14(24)26-3-27-15(10)32/h3-9,12-13,18-19H,1-2H2,(H,36,45)(H2,24,26,27)(H3,25,30,31,34)/t6-,7-,8-,9-,12-,13-,18-,19-,43+,44?/m1/s1. The first-order valence-corrected chi connectivity index (χ1v) is 17.1. The van der Waals surface area contributed by atoms with E-state index in [-0.39, 0.29) is 34.1 Å². The summed E-state index contributed by atoms with van der Waals surface area (Å²) in [7, 11) is 1.20. The minimum Gasteiger partial charge on any atom is -0.382 e. The van der Waals surface area contributed by atoms with Crippen molar-refractivity contribution in [1.29, 1.82) is 0 Å². The van der Waals surface area contributed by atoms with E-state index in [4.69, 9.17) is 58.4 Å². The number of rotatable bonds is 2. The average Bonchev–Trinajstić information content (AvgIpc) is 3.72. The molecule has 10 atom stereocenters. The number of fused-ring (bicyclic) bond motifs is 4. The van der Waals surface area contributed by atoms with Gasteiger partial charge in [-0.15, -0.1) is 0 Å². The Kier molecular flexibility index (Phi) is 7.55. The number of halogens is 2. The highest BCUT2D eigenvalue weighted by molar-refractivity contribution is 8.07. The van der Waals surface area contributed by atoms with Crippen LogP contribution in [0.2, 0.25) is 0 Å². The van der Waals surface area contributed by atoms with Crippen molar-refractivity contribution in [3.05, 3.63) is 29.3 Å². The second-order valence-corrected chi connectivity index (χ2v) is 14.5. The van der Waals surface area contributed by atoms with Crippen LogP contribution in [0.5, 0.6) is 0 Å². The van der Waals surface area contributed by atoms with E-state index in [0.717, 1.165) is 17.2 Å². The second-order valence-electron chi connectivity index (χ2n) is 10.1. The molecule has 3 aliphatic heterocycles. The SMILES string of the molecule is [B][P@]1(=O)OC[C@H]2O[C@@H](n3cnc4c(=O)[nH]c(N)nc43)[C@H](F)[C@@H]2OP(O)(=S)OC[C@H]2O[C@@H](n3cnc4c(N)ncnc43)[C@H](F)[C@@H]2O1. The van der Waals surface area contributed by atoms with E-state index in [1.807, 2.05) is 0 Å². The molecule has 0 spiro atoms. The van der Waals surface area contributed by atoms with E-state index in [1.165, 1.54) is 10.9 Å². The van der Waals surface area contributed by atoms with Gasteiger partial charge in [0.25, 0.3) is 13.0 Å². The summed E-state index contributed by atoms with van der Waals surface area (Å²) in [5, 5.41) is 0. The molecule has 1 unspecified atom stereocenters. The van der Waals surface area contributed by atoms with Gasteiger partial charge in [-0.1, -0.05) is 0 Å². The van der Waals surface area contributed by atoms with Crippen LogP contribution in [0.3, 0.4) is 0 Å². The summed E-state index contributed by atoms with van der Waals surface area (Å²) in [5.41, 5.74) is 10.8. The predicted molar refractivity (Wildman–Crippen MR) is 151 cm³/mol. The molecule has 3 fully saturated rings. The predicted octanol–water partition coefficient (Wildman–Crippen LogP) is -0.0945. The number of H-pyrrole nitrogens is 1. The highest BCUT2D eigenvalue weighted by atomic mass is 32.5. The van der Waals surface area contributed by atoms with Gasteiger partial charge >= 0.3 is 6.72 Å². The largest absolute Gasteiger partial charge is 0.382 e. The Hall–Kier alpha value is -2.98. The summed E-state index contributed by atoms with van der Waals surface area (Å²) in [6, 6.07) is 0. The van der Waals surface area contributed by atoms with Gasteiger partial charge in [-0.05, 0) is 11.8 Å². The van der Waals surface area contributed by atoms with E-state index >= 15 is 8.78 Å². The van der Waals surface area contributed by atoms with Crippen LogP contribution >= 0.6 is 14.2 Å². The molecule has 4 aromatic rings. The molecule has 7 heterocycles. The summed E-state index contributed by atoms with van der Waals surface area (Å²) in [5.74, 6) is -0.235. The van der Waals surface area contributed by atoms with Crippen LogP contribution in [-0.4, -0.2) is 101 Å². The molecule has 45 heavy (non-hydrogen) atoms. The number of aromatic nitrogens is 8. The summed E-state index contributed by atoms with van der Waals surface area (Å²) < 4.78 is 80.7. The molecular formula is C20H21BF2N10O9P2S. The normalized spacial score (nSPS) is 37.7. The number of ether oxygens (including phenoxy) is 2. The van der Waals surface area contributed by atoms with Crippen molar-refractivity contribution in [3.63, 3.8) is 0 Å². The lowest BCUT2D eigenvalue weighted by Crippen LogP contribution is -2.37. The minimum absolute atomic E-state index is 0.0349. The fourth-order valence-corrected chi connectivity index (χ4v) is 7.71. The monoisotopic (exact) mass is 688 g/mol. The third kappa shape index (κ3) is 5.45. The molecule has 19 nitrogen and oxygen atoms in total. The number of nitrogens with zero attached hydrogens (tertiary/aromatic N) is 7. The van der Waals surface area contributed by atoms with Gasteiger partial charge in [0, 0.05) is 0 Å². The van der Waals surface area contributed by atoms with Gasteiger partial charge in [0.2, 0.25) is 13.5 Å². The molecule has 0 amide bonds. The number of nitrogen functional groups attached to an aromatic ring is 2. The van der Waals surface area contributed by atoms with Crippen molar-refractivity contribution in [2.24, 2.45) is 0 Å². The first-order chi connectivity index (χ1) is 21.3. The van der Waals surface area contributed by atoms with Crippen LogP contribution < -0.4 is 17.0 Å². The summed E-state index contributed by atoms with van der Waals surface area (Å²) >= 11 is 5.12. The zero-order chi connectivity index (χ0) is 31.8. The van der Waals surface area contributed by atoms with Gasteiger partial charge in [0.15, 0.2) is 47.4 Å². The quantitative estimate of drug-likeness (QED) is 0.159. The molecule has 238 valence electrons. The molecular weight excluding hydrogens is 667 g/mol. The van der Waals surface area contributed by atoms with Gasteiger partial charge in [-0.25, -0.2) is 28.7 Å². The number of nitrogens with one attached hydrogen (secondary N) is 1. The molecule has 2 radical (unpaired) electrons. The fraction of sp³-hybridized carbons (Fsp3) is 0.500. The number of aromatic amines is 1. The number of nitrogens with two attached hydrogens (primary N) is 2. The van der Waals surface area contributed by atoms with Crippen molar-refractivity contribution in [2.45, 2.75) is 49.2 Å². The maximum atomic E-state index is 16.0. The van der Waals surface area contributed by atoms with Crippen molar-refractivity contribution < 1.29 is 45.8 Å². The van der Waals surface area contributed by atoms with Crippen LogP contribution in [0.1, 0.15) is 12.5 Å². The number of anilines is 2. The smallest absolute Gasteiger partial charge is 0.325 e. The number of hydrogen-bond donors (Lipinski definition) is 4. The molecule has 0 aliphatic carbocycles. The van der Waals surface area contributed by atoms with E-state index in [9.17, 15) is 14.3 Å². The molecule has 0 aromatic carbocycles. The van der Waals surface area contributed by atoms with Crippen molar-refractivity contribution >= 4 is 67.7 Å². The van der Waals surface area contributed by atoms with Crippen LogP contribution in [-0.2, 0) is 43.9 Å². The third-order valence-corrected chi connectivity index (χ3v) is 9.87. The Bertz CT molecular complexity index is 1950. The maximum absolute atomic E-state index is 16.0. The van der Waals surface area contributed by atoms with Crippen LogP contribution in [0.25, 0.3) is 22.3 Å². The molecule has 3 saturated heterocycles. The summed E-state index contributed by atoms with van der Waals surface area (Å²) in [6.45, 7) is -5.72. The Labute approximate surface area is 255 Å². The number of hydrogen-bond acceptors (Lipinski definition) is 16. The average molecular weight is 688 g/mol. The Morgan fingerprint density at radius 3 is 2.24 bits per heavy atom. The Morgan fingerprint density at radius 1 is 0.956 bits per heavy atom. The molecule has 0 bridgehead atoms. The lowest BCUT2D eigenvalue weighted by atomic mass is 10.1. The summed E-state index contributed by atoms with van der Waals surface area (Å²) in [4.78, 5) is 45.3. The minimum atomic E-state index is -4.62. The second kappa shape index (κ2) is 11.1. The van der Waals surface area contributed by atoms with E-state index in [2.05, 4.69) is 29.9 Å². The van der Waals surface area contributed by atoms with Crippen molar-refractivity contribution in [2.75, 3.05) is 24.7 Å². The third-order valence-electron chi connectivity index (χ3n) is 7.26. The van der Waals surface area contributed by atoms with Crippen molar-refractivity contribution in [1.82, 2.24) is 39.0 Å². The topological polar surface area (TPSA) is 252 Å². The maximum Gasteiger partial charge on any atom is 0.325 e. The molecule has 6 N–H and O–H groups in total. The lowest BCUT2D eigenvalue weighted by Gasteiger charge is -2.29. The molecule has 7 rings (SSSR count). The first-order valence-electron chi connectivity index (χ1n) is 12.9. The molecule has 3 aliphatic rings. The zero-order valence-corrected chi connectivity index (χ0v) is 25.0. The lowest BCUT2D eigenvalue weighted by molar-refractivity contribution is -0.0566. The van der Waals surface area contributed by atoms with Crippen LogP contribution in [0.4, 0.5) is 20.5 Å². The van der Waals surface area contributed by atoms with E-state index < -0.39 is 82.2 Å². The first kappa shape index (κ1) is 30.7. The molecule has 4 aromatic heterocycles. The molecule has 0 saturated carbocycles. The zero-order valence-electron chi connectivity index (χ0n) is 22.4. The highest BCUT2D eigenvalue weighted by Crippen LogP contribution is 2.54. The number of imidazole rings is 2. The van der Waals surface area contributed by atoms with Gasteiger partial charge < -0.3 is 39.4 Å². The van der Waals surface area contributed by atoms with Gasteiger partial charge in [-0.2, -0.15) is 4.98 Å². The number of alkyl halides is 2. The van der Waals surface area contributed by atoms with Gasteiger partial charge in [-0.3, -0.25) is 28.0 Å². The Balaban J connectivity index is 1.17. The Morgan fingerprint density at radius 2 is 1.56 bits per heavy atom. The van der Waals surface area contributed by atoms with E-state index in [1.54, 1.807) is 0 Å². The van der Waals surface area contributed by atoms with Crippen LogP contribution in [0, 0.1) is 0 Å². The van der Waals surface area contributed by atoms with Crippen LogP contribution in [0.15, 0.2) is 23.8 Å². The summed E-state index contributed by atoms with van der Waals surface area (Å²) in [6.07, 6.45) is -9.99. The van der Waals surface area contributed by atoms with E-state index in [0.29, 0.717) is 0 Å². The fourth-order valence-electron chi connectivity index (χ4n) is 5.27. The van der Waals surface area contributed by atoms with Gasteiger partial charge in [0.05, 0.1) is 25.9 Å².